The quantitative estimate of drug-likeness (QED) is 0.823. The van der Waals surface area contributed by atoms with Crippen LogP contribution in [-0.4, -0.2) is 36.6 Å². The summed E-state index contributed by atoms with van der Waals surface area (Å²) in [6.07, 6.45) is 9.41. The number of nitrogens with one attached hydrogen (secondary N) is 1. The van der Waals surface area contributed by atoms with Crippen molar-refractivity contribution in [1.29, 1.82) is 0 Å². The van der Waals surface area contributed by atoms with Crippen LogP contribution in [0.3, 0.4) is 0 Å². The van der Waals surface area contributed by atoms with Crippen molar-refractivity contribution in [2.24, 2.45) is 23.2 Å². The monoisotopic (exact) mass is 262 g/mol. The minimum absolute atomic E-state index is 0.685. The molecular formula is C17H30N2. The first-order valence-corrected chi connectivity index (χ1v) is 8.59. The SMILES string of the molecule is CC1CN(CC23CC4CC(CC(C4)C2)C3)C(C)CN1. The largest absolute Gasteiger partial charge is 0.311 e. The molecule has 1 aliphatic heterocycles. The Bertz CT molecular complexity index is 316. The summed E-state index contributed by atoms with van der Waals surface area (Å²) in [6, 6.07) is 1.43. The summed E-state index contributed by atoms with van der Waals surface area (Å²) in [5, 5.41) is 3.63. The Morgan fingerprint density at radius 2 is 1.58 bits per heavy atom. The van der Waals surface area contributed by atoms with Crippen LogP contribution in [-0.2, 0) is 0 Å². The molecule has 0 amide bonds. The Balaban J connectivity index is 1.49. The van der Waals surface area contributed by atoms with Gasteiger partial charge in [-0.25, -0.2) is 0 Å². The fraction of sp³-hybridized carbons (Fsp3) is 1.00. The molecule has 0 aromatic rings. The van der Waals surface area contributed by atoms with Crippen molar-refractivity contribution >= 4 is 0 Å². The van der Waals surface area contributed by atoms with E-state index in [2.05, 4.69) is 24.1 Å². The van der Waals surface area contributed by atoms with Gasteiger partial charge >= 0.3 is 0 Å². The number of hydrogen-bond donors (Lipinski definition) is 1. The van der Waals surface area contributed by atoms with Gasteiger partial charge in [-0.3, -0.25) is 4.90 Å². The van der Waals surface area contributed by atoms with Crippen molar-refractivity contribution in [2.45, 2.75) is 64.5 Å². The lowest BCUT2D eigenvalue weighted by Crippen LogP contribution is -2.59. The molecule has 2 unspecified atom stereocenters. The van der Waals surface area contributed by atoms with Crippen molar-refractivity contribution in [3.05, 3.63) is 0 Å². The number of hydrogen-bond acceptors (Lipinski definition) is 2. The van der Waals surface area contributed by atoms with Gasteiger partial charge in [0.15, 0.2) is 0 Å². The number of nitrogens with zero attached hydrogens (tertiary/aromatic N) is 1. The number of rotatable bonds is 2. The minimum atomic E-state index is 0.685. The van der Waals surface area contributed by atoms with Crippen LogP contribution in [0.1, 0.15) is 52.4 Å². The highest BCUT2D eigenvalue weighted by Crippen LogP contribution is 2.60. The van der Waals surface area contributed by atoms with Gasteiger partial charge in [-0.2, -0.15) is 0 Å². The summed E-state index contributed by atoms with van der Waals surface area (Å²) in [5.41, 5.74) is 0.722. The molecule has 2 heteroatoms. The lowest BCUT2D eigenvalue weighted by atomic mass is 9.49. The highest BCUT2D eigenvalue weighted by Gasteiger charge is 2.51. The minimum Gasteiger partial charge on any atom is -0.311 e. The molecule has 1 heterocycles. The van der Waals surface area contributed by atoms with Gasteiger partial charge in [-0.15, -0.1) is 0 Å². The predicted molar refractivity (Wildman–Crippen MR) is 79.1 cm³/mol. The van der Waals surface area contributed by atoms with Crippen molar-refractivity contribution in [3.8, 4) is 0 Å². The zero-order valence-corrected chi connectivity index (χ0v) is 12.7. The van der Waals surface area contributed by atoms with Crippen LogP contribution >= 0.6 is 0 Å². The highest BCUT2D eigenvalue weighted by atomic mass is 15.2. The lowest BCUT2D eigenvalue weighted by molar-refractivity contribution is -0.0772. The van der Waals surface area contributed by atoms with E-state index in [1.54, 1.807) is 38.5 Å². The first kappa shape index (κ1) is 12.6. The molecule has 0 radical (unpaired) electrons. The molecule has 5 aliphatic rings. The van der Waals surface area contributed by atoms with Crippen LogP contribution in [0, 0.1) is 23.2 Å². The smallest absolute Gasteiger partial charge is 0.0193 e. The zero-order chi connectivity index (χ0) is 13.0. The molecule has 4 saturated carbocycles. The third-order valence-corrected chi connectivity index (χ3v) is 6.60. The molecule has 19 heavy (non-hydrogen) atoms. The van der Waals surface area contributed by atoms with Crippen molar-refractivity contribution in [3.63, 3.8) is 0 Å². The average Bonchev–Trinajstić information content (AvgIpc) is 2.31. The number of piperazine rings is 1. The van der Waals surface area contributed by atoms with E-state index in [4.69, 9.17) is 0 Å². The highest BCUT2D eigenvalue weighted by molar-refractivity contribution is 5.03. The summed E-state index contributed by atoms with van der Waals surface area (Å²) in [4.78, 5) is 2.81. The van der Waals surface area contributed by atoms with Crippen LogP contribution in [0.5, 0.6) is 0 Å². The molecule has 0 aromatic heterocycles. The molecule has 4 aliphatic carbocycles. The average molecular weight is 262 g/mol. The van der Waals surface area contributed by atoms with Crippen LogP contribution in [0.15, 0.2) is 0 Å². The maximum absolute atomic E-state index is 3.63. The van der Waals surface area contributed by atoms with E-state index in [0.717, 1.165) is 29.2 Å². The van der Waals surface area contributed by atoms with Gasteiger partial charge in [0, 0.05) is 31.7 Å². The predicted octanol–water partition coefficient (Wildman–Crippen LogP) is 2.89. The van der Waals surface area contributed by atoms with Crippen LogP contribution in [0.25, 0.3) is 0 Å². The van der Waals surface area contributed by atoms with E-state index in [0.29, 0.717) is 6.04 Å². The standard InChI is InChI=1S/C17H30N2/c1-12-10-19(13(2)9-18-12)11-17-6-14-3-15(7-17)5-16(4-14)8-17/h12-16,18H,3-11H2,1-2H3. The van der Waals surface area contributed by atoms with Gasteiger partial charge in [0.25, 0.3) is 0 Å². The summed E-state index contributed by atoms with van der Waals surface area (Å²) in [7, 11) is 0. The van der Waals surface area contributed by atoms with E-state index < -0.39 is 0 Å². The lowest BCUT2D eigenvalue weighted by Gasteiger charge is -2.58. The van der Waals surface area contributed by atoms with Crippen LogP contribution < -0.4 is 5.32 Å². The third-order valence-electron chi connectivity index (χ3n) is 6.60. The second-order valence-corrected chi connectivity index (χ2v) is 8.51. The molecule has 1 N–H and O–H groups in total. The Morgan fingerprint density at radius 1 is 1.00 bits per heavy atom. The summed E-state index contributed by atoms with van der Waals surface area (Å²) < 4.78 is 0. The van der Waals surface area contributed by atoms with Crippen molar-refractivity contribution < 1.29 is 0 Å². The molecule has 108 valence electrons. The second kappa shape index (κ2) is 4.46. The second-order valence-electron chi connectivity index (χ2n) is 8.51. The Hall–Kier alpha value is -0.0800. The van der Waals surface area contributed by atoms with Crippen LogP contribution in [0.2, 0.25) is 0 Å². The van der Waals surface area contributed by atoms with Crippen molar-refractivity contribution in [2.75, 3.05) is 19.6 Å². The van der Waals surface area contributed by atoms with Gasteiger partial charge < -0.3 is 5.32 Å². The maximum atomic E-state index is 3.63. The maximum Gasteiger partial charge on any atom is 0.0193 e. The summed E-state index contributed by atoms with van der Waals surface area (Å²) >= 11 is 0. The van der Waals surface area contributed by atoms with E-state index in [9.17, 15) is 0 Å². The van der Waals surface area contributed by atoms with Crippen LogP contribution in [0.4, 0.5) is 0 Å². The molecule has 1 saturated heterocycles. The molecular weight excluding hydrogens is 232 g/mol. The summed E-state index contributed by atoms with van der Waals surface area (Å²) in [5.74, 6) is 3.30. The zero-order valence-electron chi connectivity index (χ0n) is 12.7. The van der Waals surface area contributed by atoms with E-state index in [1.165, 1.54) is 19.6 Å². The summed E-state index contributed by atoms with van der Waals surface area (Å²) in [6.45, 7) is 8.62. The Morgan fingerprint density at radius 3 is 2.16 bits per heavy atom. The van der Waals surface area contributed by atoms with Gasteiger partial charge in [0.2, 0.25) is 0 Å². The first-order chi connectivity index (χ1) is 9.12. The Kier molecular flexibility index (Phi) is 2.97. The Labute approximate surface area is 118 Å². The first-order valence-electron chi connectivity index (χ1n) is 8.59. The van der Waals surface area contributed by atoms with Crippen molar-refractivity contribution in [1.82, 2.24) is 10.2 Å². The third kappa shape index (κ3) is 2.25. The molecule has 0 spiro atoms. The fourth-order valence-electron chi connectivity index (χ4n) is 6.23. The molecule has 5 rings (SSSR count). The van der Waals surface area contributed by atoms with E-state index in [1.807, 2.05) is 0 Å². The van der Waals surface area contributed by atoms with E-state index >= 15 is 0 Å². The van der Waals surface area contributed by atoms with Gasteiger partial charge in [0.05, 0.1) is 0 Å². The van der Waals surface area contributed by atoms with Gasteiger partial charge in [-0.1, -0.05) is 0 Å². The molecule has 2 atom stereocenters. The fourth-order valence-corrected chi connectivity index (χ4v) is 6.23. The van der Waals surface area contributed by atoms with Gasteiger partial charge in [-0.05, 0) is 75.5 Å². The topological polar surface area (TPSA) is 15.3 Å². The van der Waals surface area contributed by atoms with E-state index in [-0.39, 0.29) is 0 Å². The van der Waals surface area contributed by atoms with Gasteiger partial charge in [0.1, 0.15) is 0 Å². The molecule has 5 fully saturated rings. The molecule has 2 nitrogen and oxygen atoms in total. The molecule has 4 bridgehead atoms. The normalized spacial score (nSPS) is 53.7. The molecule has 0 aromatic carbocycles.